The molecule has 2 N–H and O–H groups in total. The van der Waals surface area contributed by atoms with Gasteiger partial charge in [0.25, 0.3) is 0 Å². The molecule has 0 aromatic rings. The number of aliphatic hydroxyl groups excluding tert-OH is 1. The minimum atomic E-state index is 0.184. The predicted octanol–water partition coefficient (Wildman–Crippen LogP) is -0.311. The van der Waals surface area contributed by atoms with Gasteiger partial charge in [0.1, 0.15) is 0 Å². The highest BCUT2D eigenvalue weighted by Gasteiger charge is 1.99. The van der Waals surface area contributed by atoms with Crippen molar-refractivity contribution in [3.63, 3.8) is 0 Å². The van der Waals surface area contributed by atoms with E-state index in [2.05, 4.69) is 22.7 Å². The third-order valence-corrected chi connectivity index (χ3v) is 1.64. The molecule has 0 aliphatic carbocycles. The summed E-state index contributed by atoms with van der Waals surface area (Å²) < 4.78 is 0. The van der Waals surface area contributed by atoms with Crippen molar-refractivity contribution in [1.82, 2.24) is 10.2 Å². The standard InChI is InChI=1S/C10H18N2O/c1-3-5-11-6-8-12(7-4-2)9-10-13/h1,4,11,13H,2,5-10H2. The van der Waals surface area contributed by atoms with E-state index in [-0.39, 0.29) is 6.61 Å². The van der Waals surface area contributed by atoms with E-state index in [1.165, 1.54) is 0 Å². The first kappa shape index (κ1) is 12.2. The van der Waals surface area contributed by atoms with Crippen LogP contribution in [0.4, 0.5) is 0 Å². The molecular formula is C10H18N2O. The first-order chi connectivity index (χ1) is 6.35. The zero-order chi connectivity index (χ0) is 9.94. The number of hydrogen-bond donors (Lipinski definition) is 2. The maximum absolute atomic E-state index is 8.74. The number of hydrogen-bond acceptors (Lipinski definition) is 3. The van der Waals surface area contributed by atoms with Crippen LogP contribution < -0.4 is 5.32 Å². The molecule has 0 amide bonds. The summed E-state index contributed by atoms with van der Waals surface area (Å²) in [6.45, 7) is 7.65. The van der Waals surface area contributed by atoms with Crippen LogP contribution in [0.5, 0.6) is 0 Å². The number of aliphatic hydroxyl groups is 1. The topological polar surface area (TPSA) is 35.5 Å². The Morgan fingerprint density at radius 3 is 2.85 bits per heavy atom. The van der Waals surface area contributed by atoms with Crippen molar-refractivity contribution in [3.8, 4) is 12.3 Å². The van der Waals surface area contributed by atoms with Crippen molar-refractivity contribution < 1.29 is 5.11 Å². The fourth-order valence-electron chi connectivity index (χ4n) is 1.02. The third-order valence-electron chi connectivity index (χ3n) is 1.64. The molecule has 0 aliphatic heterocycles. The highest BCUT2D eigenvalue weighted by molar-refractivity contribution is 4.86. The van der Waals surface area contributed by atoms with Crippen molar-refractivity contribution >= 4 is 0 Å². The molecule has 13 heavy (non-hydrogen) atoms. The van der Waals surface area contributed by atoms with Crippen molar-refractivity contribution in [2.45, 2.75) is 0 Å². The van der Waals surface area contributed by atoms with E-state index in [1.54, 1.807) is 0 Å². The summed E-state index contributed by atoms with van der Waals surface area (Å²) in [7, 11) is 0. The molecule has 0 unspecified atom stereocenters. The molecule has 0 radical (unpaired) electrons. The van der Waals surface area contributed by atoms with E-state index < -0.39 is 0 Å². The van der Waals surface area contributed by atoms with Crippen molar-refractivity contribution in [2.75, 3.05) is 39.3 Å². The zero-order valence-corrected chi connectivity index (χ0v) is 8.00. The smallest absolute Gasteiger partial charge is 0.0574 e. The minimum absolute atomic E-state index is 0.184. The highest BCUT2D eigenvalue weighted by Crippen LogP contribution is 1.86. The number of terminal acetylenes is 1. The molecule has 0 heterocycles. The Hall–Kier alpha value is -0.820. The lowest BCUT2D eigenvalue weighted by atomic mass is 10.4. The molecule has 3 heteroatoms. The average molecular weight is 182 g/mol. The lowest BCUT2D eigenvalue weighted by Crippen LogP contribution is -2.34. The third kappa shape index (κ3) is 7.54. The molecular weight excluding hydrogens is 164 g/mol. The normalized spacial score (nSPS) is 9.92. The quantitative estimate of drug-likeness (QED) is 0.307. The molecule has 0 spiro atoms. The van der Waals surface area contributed by atoms with Crippen LogP contribution in [0.1, 0.15) is 0 Å². The Balaban J connectivity index is 3.44. The van der Waals surface area contributed by atoms with Crippen LogP contribution in [0.3, 0.4) is 0 Å². The first-order valence-corrected chi connectivity index (χ1v) is 4.43. The van der Waals surface area contributed by atoms with Crippen LogP contribution in [0.2, 0.25) is 0 Å². The van der Waals surface area contributed by atoms with Crippen LogP contribution in [-0.2, 0) is 0 Å². The second-order valence-corrected chi connectivity index (χ2v) is 2.69. The summed E-state index contributed by atoms with van der Waals surface area (Å²) in [6.07, 6.45) is 6.91. The lowest BCUT2D eigenvalue weighted by molar-refractivity contribution is 0.209. The Morgan fingerprint density at radius 2 is 2.31 bits per heavy atom. The molecule has 0 aromatic carbocycles. The van der Waals surface area contributed by atoms with Crippen LogP contribution in [0.25, 0.3) is 0 Å². The van der Waals surface area contributed by atoms with Gasteiger partial charge in [-0.05, 0) is 0 Å². The van der Waals surface area contributed by atoms with E-state index in [4.69, 9.17) is 11.5 Å². The molecule has 0 rings (SSSR count). The second-order valence-electron chi connectivity index (χ2n) is 2.69. The Labute approximate surface area is 80.4 Å². The largest absolute Gasteiger partial charge is 0.395 e. The van der Waals surface area contributed by atoms with Gasteiger partial charge in [-0.15, -0.1) is 13.0 Å². The summed E-state index contributed by atoms with van der Waals surface area (Å²) >= 11 is 0. The van der Waals surface area contributed by atoms with Gasteiger partial charge >= 0.3 is 0 Å². The molecule has 74 valence electrons. The molecule has 0 fully saturated rings. The zero-order valence-electron chi connectivity index (χ0n) is 8.00. The molecule has 3 nitrogen and oxygen atoms in total. The molecule has 0 saturated carbocycles. The number of rotatable bonds is 8. The Bertz CT molecular complexity index is 163. The molecule has 0 aliphatic rings. The van der Waals surface area contributed by atoms with Crippen LogP contribution in [0, 0.1) is 12.3 Å². The van der Waals surface area contributed by atoms with Gasteiger partial charge in [0, 0.05) is 26.2 Å². The Kier molecular flexibility index (Phi) is 8.68. The average Bonchev–Trinajstić information content (AvgIpc) is 2.13. The maximum atomic E-state index is 8.74. The summed E-state index contributed by atoms with van der Waals surface area (Å²) in [6, 6.07) is 0. The van der Waals surface area contributed by atoms with Crippen LogP contribution in [-0.4, -0.2) is 49.3 Å². The minimum Gasteiger partial charge on any atom is -0.395 e. The summed E-state index contributed by atoms with van der Waals surface area (Å²) in [5, 5.41) is 11.8. The van der Waals surface area contributed by atoms with Gasteiger partial charge < -0.3 is 10.4 Å². The van der Waals surface area contributed by atoms with E-state index in [0.29, 0.717) is 13.1 Å². The van der Waals surface area contributed by atoms with E-state index >= 15 is 0 Å². The molecule has 0 aromatic heterocycles. The maximum Gasteiger partial charge on any atom is 0.0574 e. The number of nitrogens with zero attached hydrogens (tertiary/aromatic N) is 1. The van der Waals surface area contributed by atoms with Gasteiger partial charge in [-0.2, -0.15) is 0 Å². The lowest BCUT2D eigenvalue weighted by Gasteiger charge is -2.18. The summed E-state index contributed by atoms with van der Waals surface area (Å²) in [4.78, 5) is 2.11. The van der Waals surface area contributed by atoms with Gasteiger partial charge in [-0.1, -0.05) is 12.0 Å². The van der Waals surface area contributed by atoms with Crippen LogP contribution >= 0.6 is 0 Å². The van der Waals surface area contributed by atoms with Gasteiger partial charge in [-0.25, -0.2) is 0 Å². The van der Waals surface area contributed by atoms with Crippen molar-refractivity contribution in [1.29, 1.82) is 0 Å². The summed E-state index contributed by atoms with van der Waals surface area (Å²) in [5.41, 5.74) is 0. The van der Waals surface area contributed by atoms with Gasteiger partial charge in [0.15, 0.2) is 0 Å². The van der Waals surface area contributed by atoms with Gasteiger partial charge in [-0.3, -0.25) is 4.90 Å². The highest BCUT2D eigenvalue weighted by atomic mass is 16.3. The molecule has 0 atom stereocenters. The second kappa shape index (κ2) is 9.27. The van der Waals surface area contributed by atoms with Crippen LogP contribution in [0.15, 0.2) is 12.7 Å². The summed E-state index contributed by atoms with van der Waals surface area (Å²) in [5.74, 6) is 2.51. The predicted molar refractivity (Wildman–Crippen MR) is 55.4 cm³/mol. The van der Waals surface area contributed by atoms with Gasteiger partial charge in [0.2, 0.25) is 0 Å². The Morgan fingerprint density at radius 1 is 1.54 bits per heavy atom. The van der Waals surface area contributed by atoms with Crippen molar-refractivity contribution in [2.24, 2.45) is 0 Å². The fourth-order valence-corrected chi connectivity index (χ4v) is 1.02. The van der Waals surface area contributed by atoms with E-state index in [9.17, 15) is 0 Å². The molecule has 0 bridgehead atoms. The number of nitrogens with one attached hydrogen (secondary N) is 1. The van der Waals surface area contributed by atoms with Crippen molar-refractivity contribution in [3.05, 3.63) is 12.7 Å². The van der Waals surface area contributed by atoms with E-state index in [1.807, 2.05) is 6.08 Å². The monoisotopic (exact) mass is 182 g/mol. The fraction of sp³-hybridized carbons (Fsp3) is 0.600. The molecule has 0 saturated heterocycles. The first-order valence-electron chi connectivity index (χ1n) is 4.43. The SMILES string of the molecule is C#CCNCCN(CC=C)CCO. The van der Waals surface area contributed by atoms with Gasteiger partial charge in [0.05, 0.1) is 13.2 Å². The van der Waals surface area contributed by atoms with E-state index in [0.717, 1.165) is 19.6 Å².